The van der Waals surface area contributed by atoms with E-state index in [0.29, 0.717) is 17.9 Å². The van der Waals surface area contributed by atoms with Crippen molar-refractivity contribution in [3.63, 3.8) is 0 Å². The van der Waals surface area contributed by atoms with Crippen LogP contribution < -0.4 is 5.73 Å². The second-order valence-electron chi connectivity index (χ2n) is 5.26. The highest BCUT2D eigenvalue weighted by Gasteiger charge is 2.24. The van der Waals surface area contributed by atoms with Crippen molar-refractivity contribution < 1.29 is 4.52 Å². The van der Waals surface area contributed by atoms with Gasteiger partial charge in [0, 0.05) is 18.4 Å². The van der Waals surface area contributed by atoms with E-state index in [4.69, 9.17) is 10.3 Å². The minimum Gasteiger partial charge on any atom is -0.339 e. The van der Waals surface area contributed by atoms with Crippen LogP contribution in [-0.2, 0) is 6.42 Å². The van der Waals surface area contributed by atoms with Crippen LogP contribution in [0.2, 0.25) is 0 Å². The van der Waals surface area contributed by atoms with Crippen molar-refractivity contribution in [2.45, 2.75) is 57.9 Å². The van der Waals surface area contributed by atoms with Crippen LogP contribution in [0.15, 0.2) is 4.52 Å². The summed E-state index contributed by atoms with van der Waals surface area (Å²) in [6.07, 6.45) is 5.23. The van der Waals surface area contributed by atoms with E-state index in [9.17, 15) is 0 Å². The van der Waals surface area contributed by atoms with Gasteiger partial charge >= 0.3 is 0 Å². The zero-order valence-corrected chi connectivity index (χ0v) is 10.1. The van der Waals surface area contributed by atoms with Crippen molar-refractivity contribution in [1.29, 1.82) is 0 Å². The molecule has 0 aliphatic heterocycles. The van der Waals surface area contributed by atoms with Gasteiger partial charge in [-0.15, -0.1) is 0 Å². The molecule has 1 saturated carbocycles. The third-order valence-corrected chi connectivity index (χ3v) is 3.20. The highest BCUT2D eigenvalue weighted by Crippen LogP contribution is 2.31. The molecule has 0 bridgehead atoms. The largest absolute Gasteiger partial charge is 0.339 e. The van der Waals surface area contributed by atoms with Crippen LogP contribution in [0, 0.1) is 5.92 Å². The van der Waals surface area contributed by atoms with Crippen LogP contribution in [0.25, 0.3) is 0 Å². The zero-order valence-electron chi connectivity index (χ0n) is 10.1. The van der Waals surface area contributed by atoms with Gasteiger partial charge in [0.2, 0.25) is 5.89 Å². The zero-order chi connectivity index (χ0) is 11.5. The lowest BCUT2D eigenvalue weighted by Crippen LogP contribution is -2.25. The first kappa shape index (κ1) is 11.6. The second kappa shape index (κ2) is 4.95. The van der Waals surface area contributed by atoms with Crippen molar-refractivity contribution >= 4 is 0 Å². The molecule has 2 rings (SSSR count). The number of rotatable bonds is 3. The average molecular weight is 223 g/mol. The summed E-state index contributed by atoms with van der Waals surface area (Å²) in [7, 11) is 0. The summed E-state index contributed by atoms with van der Waals surface area (Å²) in [5.74, 6) is 2.68. The van der Waals surface area contributed by atoms with Gasteiger partial charge in [-0.1, -0.05) is 19.0 Å². The molecule has 2 N–H and O–H groups in total. The van der Waals surface area contributed by atoms with Gasteiger partial charge in [-0.25, -0.2) is 0 Å². The summed E-state index contributed by atoms with van der Waals surface area (Å²) >= 11 is 0. The number of hydrogen-bond acceptors (Lipinski definition) is 4. The molecule has 0 aromatic carbocycles. The Morgan fingerprint density at radius 2 is 2.00 bits per heavy atom. The number of nitrogens with zero attached hydrogens (tertiary/aromatic N) is 2. The molecule has 0 atom stereocenters. The molecule has 16 heavy (non-hydrogen) atoms. The fraction of sp³-hybridized carbons (Fsp3) is 0.833. The molecule has 1 fully saturated rings. The van der Waals surface area contributed by atoms with E-state index in [1.807, 2.05) is 0 Å². The highest BCUT2D eigenvalue weighted by atomic mass is 16.5. The Hall–Kier alpha value is -0.900. The van der Waals surface area contributed by atoms with Crippen molar-refractivity contribution in [2.24, 2.45) is 11.7 Å². The standard InChI is InChI=1S/C12H21N3O/c1-8(2)7-11-14-12(16-15-11)9-3-5-10(13)6-4-9/h8-10H,3-7,13H2,1-2H3. The molecule has 4 nitrogen and oxygen atoms in total. The fourth-order valence-electron chi connectivity index (χ4n) is 2.25. The Kier molecular flexibility index (Phi) is 3.59. The molecule has 1 heterocycles. The summed E-state index contributed by atoms with van der Waals surface area (Å²) in [6, 6.07) is 0.370. The monoisotopic (exact) mass is 223 g/mol. The number of hydrogen-bond donors (Lipinski definition) is 1. The first-order chi connectivity index (χ1) is 7.65. The maximum Gasteiger partial charge on any atom is 0.229 e. The van der Waals surface area contributed by atoms with Gasteiger partial charge < -0.3 is 10.3 Å². The Balaban J connectivity index is 1.96. The summed E-state index contributed by atoms with van der Waals surface area (Å²) < 4.78 is 5.34. The predicted octanol–water partition coefficient (Wildman–Crippen LogP) is 2.25. The molecular weight excluding hydrogens is 202 g/mol. The maximum atomic E-state index is 5.88. The number of aromatic nitrogens is 2. The SMILES string of the molecule is CC(C)Cc1noc(C2CCC(N)CC2)n1. The molecule has 0 unspecified atom stereocenters. The van der Waals surface area contributed by atoms with E-state index >= 15 is 0 Å². The van der Waals surface area contributed by atoms with Crippen LogP contribution in [0.3, 0.4) is 0 Å². The predicted molar refractivity (Wildman–Crippen MR) is 62.0 cm³/mol. The van der Waals surface area contributed by atoms with E-state index in [1.165, 1.54) is 0 Å². The molecule has 0 amide bonds. The third-order valence-electron chi connectivity index (χ3n) is 3.20. The minimum absolute atomic E-state index is 0.370. The van der Waals surface area contributed by atoms with Gasteiger partial charge in [-0.3, -0.25) is 0 Å². The Morgan fingerprint density at radius 3 is 2.62 bits per heavy atom. The molecule has 90 valence electrons. The first-order valence-electron chi connectivity index (χ1n) is 6.23. The average Bonchev–Trinajstić information content (AvgIpc) is 2.66. The van der Waals surface area contributed by atoms with Crippen LogP contribution in [-0.4, -0.2) is 16.2 Å². The van der Waals surface area contributed by atoms with E-state index in [0.717, 1.165) is 43.8 Å². The topological polar surface area (TPSA) is 64.9 Å². The summed E-state index contributed by atoms with van der Waals surface area (Å²) in [5, 5.41) is 4.03. The van der Waals surface area contributed by atoms with E-state index < -0.39 is 0 Å². The molecule has 0 saturated heterocycles. The van der Waals surface area contributed by atoms with Gasteiger partial charge in [0.25, 0.3) is 0 Å². The second-order valence-corrected chi connectivity index (χ2v) is 5.26. The van der Waals surface area contributed by atoms with Gasteiger partial charge in [-0.2, -0.15) is 4.98 Å². The van der Waals surface area contributed by atoms with Crippen LogP contribution in [0.1, 0.15) is 57.2 Å². The Labute approximate surface area is 96.6 Å². The molecular formula is C12H21N3O. The van der Waals surface area contributed by atoms with Gasteiger partial charge in [0.15, 0.2) is 5.82 Å². The van der Waals surface area contributed by atoms with E-state index in [-0.39, 0.29) is 0 Å². The van der Waals surface area contributed by atoms with Gasteiger partial charge in [-0.05, 0) is 31.6 Å². The van der Waals surface area contributed by atoms with Crippen LogP contribution in [0.5, 0.6) is 0 Å². The van der Waals surface area contributed by atoms with Crippen LogP contribution in [0.4, 0.5) is 0 Å². The Morgan fingerprint density at radius 1 is 1.31 bits per heavy atom. The molecule has 0 radical (unpaired) electrons. The lowest BCUT2D eigenvalue weighted by atomic mass is 9.86. The summed E-state index contributed by atoms with van der Waals surface area (Å²) in [5.41, 5.74) is 5.88. The molecule has 1 aromatic heterocycles. The summed E-state index contributed by atoms with van der Waals surface area (Å²) in [4.78, 5) is 4.48. The van der Waals surface area contributed by atoms with Crippen molar-refractivity contribution in [3.05, 3.63) is 11.7 Å². The maximum absolute atomic E-state index is 5.88. The Bertz CT molecular complexity index is 327. The highest BCUT2D eigenvalue weighted by molar-refractivity contribution is 4.97. The normalized spacial score (nSPS) is 26.2. The third kappa shape index (κ3) is 2.82. The quantitative estimate of drug-likeness (QED) is 0.853. The smallest absolute Gasteiger partial charge is 0.229 e. The lowest BCUT2D eigenvalue weighted by molar-refractivity contribution is 0.299. The lowest BCUT2D eigenvalue weighted by Gasteiger charge is -2.22. The minimum atomic E-state index is 0.370. The van der Waals surface area contributed by atoms with Crippen LogP contribution >= 0.6 is 0 Å². The summed E-state index contributed by atoms with van der Waals surface area (Å²) in [6.45, 7) is 4.32. The molecule has 0 spiro atoms. The molecule has 1 aliphatic rings. The van der Waals surface area contributed by atoms with Crippen molar-refractivity contribution in [2.75, 3.05) is 0 Å². The molecule has 4 heteroatoms. The van der Waals surface area contributed by atoms with Gasteiger partial charge in [0.1, 0.15) is 0 Å². The van der Waals surface area contributed by atoms with E-state index in [1.54, 1.807) is 0 Å². The van der Waals surface area contributed by atoms with Crippen molar-refractivity contribution in [3.8, 4) is 0 Å². The molecule has 1 aliphatic carbocycles. The van der Waals surface area contributed by atoms with E-state index in [2.05, 4.69) is 24.0 Å². The van der Waals surface area contributed by atoms with Crippen molar-refractivity contribution in [1.82, 2.24) is 10.1 Å². The van der Waals surface area contributed by atoms with Gasteiger partial charge in [0.05, 0.1) is 0 Å². The number of nitrogens with two attached hydrogens (primary N) is 1. The molecule has 1 aromatic rings. The fourth-order valence-corrected chi connectivity index (χ4v) is 2.25. The first-order valence-corrected chi connectivity index (χ1v) is 6.23.